The van der Waals surface area contributed by atoms with Gasteiger partial charge in [-0.3, -0.25) is 10.1 Å². The zero-order valence-corrected chi connectivity index (χ0v) is 11.8. The molecule has 1 atom stereocenters. The van der Waals surface area contributed by atoms with E-state index >= 15 is 0 Å². The van der Waals surface area contributed by atoms with E-state index < -0.39 is 17.3 Å². The van der Waals surface area contributed by atoms with Gasteiger partial charge in [-0.05, 0) is 23.7 Å². The van der Waals surface area contributed by atoms with Crippen LogP contribution in [-0.4, -0.2) is 23.9 Å². The van der Waals surface area contributed by atoms with Crippen molar-refractivity contribution in [2.45, 2.75) is 40.0 Å². The van der Waals surface area contributed by atoms with Crippen LogP contribution < -0.4 is 10.6 Å². The topological polar surface area (TPSA) is 58.2 Å². The lowest BCUT2D eigenvalue weighted by atomic mass is 10.0. The highest BCUT2D eigenvalue weighted by atomic mass is 35.5. The van der Waals surface area contributed by atoms with Gasteiger partial charge >= 0.3 is 6.03 Å². The van der Waals surface area contributed by atoms with Crippen molar-refractivity contribution in [2.24, 2.45) is 16.7 Å². The molecule has 0 saturated heterocycles. The molecular weight excluding hydrogens is 240 g/mol. The number of amides is 3. The second kappa shape index (κ2) is 4.48. The molecule has 17 heavy (non-hydrogen) atoms. The van der Waals surface area contributed by atoms with Gasteiger partial charge in [0.25, 0.3) is 0 Å². The minimum Gasteiger partial charge on any atom is -0.337 e. The van der Waals surface area contributed by atoms with Crippen LogP contribution in [0.15, 0.2) is 0 Å². The van der Waals surface area contributed by atoms with Crippen molar-refractivity contribution in [1.29, 1.82) is 0 Å². The lowest BCUT2D eigenvalue weighted by Crippen LogP contribution is -2.43. The highest BCUT2D eigenvalue weighted by molar-refractivity contribution is 6.31. The summed E-state index contributed by atoms with van der Waals surface area (Å²) in [6, 6.07) is -0.471. The molecule has 1 aliphatic carbocycles. The van der Waals surface area contributed by atoms with Crippen LogP contribution in [0.4, 0.5) is 4.79 Å². The fourth-order valence-corrected chi connectivity index (χ4v) is 2.35. The fraction of sp³-hybridized carbons (Fsp3) is 0.833. The summed E-state index contributed by atoms with van der Waals surface area (Å²) in [6.07, 6.45) is 0. The van der Waals surface area contributed by atoms with Crippen molar-refractivity contribution < 1.29 is 9.59 Å². The molecule has 0 spiro atoms. The second-order valence-corrected chi connectivity index (χ2v) is 6.47. The normalized spacial score (nSPS) is 22.7. The van der Waals surface area contributed by atoms with E-state index in [0.29, 0.717) is 12.5 Å². The first-order valence-electron chi connectivity index (χ1n) is 5.83. The van der Waals surface area contributed by atoms with Crippen LogP contribution >= 0.6 is 11.6 Å². The number of carbonyl (C=O) groups is 2. The van der Waals surface area contributed by atoms with E-state index in [9.17, 15) is 9.59 Å². The van der Waals surface area contributed by atoms with Gasteiger partial charge in [-0.15, -0.1) is 11.6 Å². The predicted octanol–water partition coefficient (Wildman–Crippen LogP) is 2.12. The Kier molecular flexibility index (Phi) is 3.77. The van der Waals surface area contributed by atoms with Gasteiger partial charge in [-0.2, -0.15) is 0 Å². The summed E-state index contributed by atoms with van der Waals surface area (Å²) < 4.78 is 0. The maximum atomic E-state index is 11.4. The number of hydrogen-bond donors (Lipinski definition) is 2. The molecule has 1 rings (SSSR count). The van der Waals surface area contributed by atoms with Gasteiger partial charge in [0.2, 0.25) is 5.91 Å². The maximum absolute atomic E-state index is 11.4. The molecule has 0 radical (unpaired) electrons. The summed E-state index contributed by atoms with van der Waals surface area (Å²) in [5, 5.41) is 4.21. The summed E-state index contributed by atoms with van der Waals surface area (Å²) in [7, 11) is 0. The molecule has 5 heteroatoms. The number of alkyl halides is 1. The van der Waals surface area contributed by atoms with Crippen molar-refractivity contribution in [3.63, 3.8) is 0 Å². The molecule has 0 bridgehead atoms. The van der Waals surface area contributed by atoms with Gasteiger partial charge in [-0.25, -0.2) is 4.79 Å². The van der Waals surface area contributed by atoms with Crippen LogP contribution in [-0.2, 0) is 4.79 Å². The van der Waals surface area contributed by atoms with Crippen molar-refractivity contribution >= 4 is 23.5 Å². The Morgan fingerprint density at radius 3 is 2.06 bits per heavy atom. The summed E-state index contributed by atoms with van der Waals surface area (Å²) in [5.41, 5.74) is 0.453. The van der Waals surface area contributed by atoms with Crippen molar-refractivity contribution in [2.75, 3.05) is 6.54 Å². The monoisotopic (exact) mass is 260 g/mol. The number of halogens is 1. The average molecular weight is 261 g/mol. The molecule has 0 aromatic heterocycles. The smallest absolute Gasteiger partial charge is 0.321 e. The molecule has 0 heterocycles. The van der Waals surface area contributed by atoms with Crippen LogP contribution in [0.2, 0.25) is 0 Å². The van der Waals surface area contributed by atoms with Crippen molar-refractivity contribution in [3.8, 4) is 0 Å². The Bertz CT molecular complexity index is 323. The quantitative estimate of drug-likeness (QED) is 0.764. The molecule has 98 valence electrons. The van der Waals surface area contributed by atoms with Crippen LogP contribution in [0.25, 0.3) is 0 Å². The van der Waals surface area contributed by atoms with Crippen LogP contribution in [0.1, 0.15) is 34.6 Å². The Hall–Kier alpha value is -0.770. The molecule has 3 amide bonds. The Balaban J connectivity index is 2.34. The Labute approximate surface area is 107 Å². The summed E-state index contributed by atoms with van der Waals surface area (Å²) >= 11 is 5.55. The number of hydrogen-bond acceptors (Lipinski definition) is 2. The molecule has 1 unspecified atom stereocenters. The lowest BCUT2D eigenvalue weighted by molar-refractivity contribution is -0.119. The SMILES string of the molecule is CC(Cl)C(=O)NC(=O)NCC1C(C)(C)C1(C)C. The van der Waals surface area contributed by atoms with Gasteiger partial charge in [0.15, 0.2) is 0 Å². The first kappa shape index (κ1) is 14.3. The number of urea groups is 1. The third-order valence-corrected chi connectivity index (χ3v) is 4.58. The molecule has 1 saturated carbocycles. The first-order chi connectivity index (χ1) is 7.60. The third kappa shape index (κ3) is 2.73. The van der Waals surface area contributed by atoms with Crippen molar-refractivity contribution in [3.05, 3.63) is 0 Å². The molecular formula is C12H21ClN2O2. The number of carbonyl (C=O) groups excluding carboxylic acids is 2. The van der Waals surface area contributed by atoms with E-state index in [2.05, 4.69) is 38.3 Å². The summed E-state index contributed by atoms with van der Waals surface area (Å²) in [6.45, 7) is 10.8. The summed E-state index contributed by atoms with van der Waals surface area (Å²) in [4.78, 5) is 22.6. The predicted molar refractivity (Wildman–Crippen MR) is 67.9 cm³/mol. The lowest BCUT2D eigenvalue weighted by Gasteiger charge is -2.08. The average Bonchev–Trinajstić information content (AvgIpc) is 2.54. The maximum Gasteiger partial charge on any atom is 0.321 e. The second-order valence-electron chi connectivity index (χ2n) is 5.81. The van der Waals surface area contributed by atoms with E-state index in [-0.39, 0.29) is 10.8 Å². The first-order valence-corrected chi connectivity index (χ1v) is 6.27. The minimum absolute atomic E-state index is 0.226. The molecule has 0 aromatic carbocycles. The number of nitrogens with one attached hydrogen (secondary N) is 2. The van der Waals surface area contributed by atoms with E-state index in [1.54, 1.807) is 0 Å². The van der Waals surface area contributed by atoms with Crippen molar-refractivity contribution in [1.82, 2.24) is 10.6 Å². The van der Waals surface area contributed by atoms with E-state index in [4.69, 9.17) is 11.6 Å². The largest absolute Gasteiger partial charge is 0.337 e. The van der Waals surface area contributed by atoms with E-state index in [0.717, 1.165) is 0 Å². The highest BCUT2D eigenvalue weighted by Crippen LogP contribution is 2.67. The van der Waals surface area contributed by atoms with E-state index in [1.807, 2.05) is 0 Å². The van der Waals surface area contributed by atoms with Gasteiger partial charge in [0.1, 0.15) is 5.38 Å². The van der Waals surface area contributed by atoms with Gasteiger partial charge in [0, 0.05) is 6.54 Å². The zero-order chi connectivity index (χ0) is 13.4. The number of imide groups is 1. The Morgan fingerprint density at radius 1 is 1.24 bits per heavy atom. The van der Waals surface area contributed by atoms with E-state index in [1.165, 1.54) is 6.92 Å². The molecule has 0 aromatic rings. The molecule has 0 aliphatic heterocycles. The van der Waals surface area contributed by atoms with Gasteiger partial charge in [-0.1, -0.05) is 27.7 Å². The van der Waals surface area contributed by atoms with Gasteiger partial charge in [0.05, 0.1) is 0 Å². The molecule has 2 N–H and O–H groups in total. The zero-order valence-electron chi connectivity index (χ0n) is 11.1. The molecule has 1 fully saturated rings. The van der Waals surface area contributed by atoms with Gasteiger partial charge < -0.3 is 5.32 Å². The standard InChI is InChI=1S/C12H21ClN2O2/c1-7(13)9(16)15-10(17)14-6-8-11(2,3)12(8,4)5/h7-8H,6H2,1-5H3,(H2,14,15,16,17). The highest BCUT2D eigenvalue weighted by Gasteiger charge is 2.64. The molecule has 1 aliphatic rings. The van der Waals surface area contributed by atoms with Crippen LogP contribution in [0.5, 0.6) is 0 Å². The number of rotatable bonds is 3. The Morgan fingerprint density at radius 2 is 1.71 bits per heavy atom. The fourth-order valence-electron chi connectivity index (χ4n) is 2.29. The minimum atomic E-state index is -0.699. The van der Waals surface area contributed by atoms with Crippen LogP contribution in [0, 0.1) is 16.7 Å². The molecule has 4 nitrogen and oxygen atoms in total. The third-order valence-electron chi connectivity index (χ3n) is 4.38. The van der Waals surface area contributed by atoms with Crippen LogP contribution in [0.3, 0.4) is 0 Å². The summed E-state index contributed by atoms with van der Waals surface area (Å²) in [5.74, 6) is -0.0391.